The van der Waals surface area contributed by atoms with Gasteiger partial charge in [-0.2, -0.15) is 0 Å². The second kappa shape index (κ2) is 8.95. The van der Waals surface area contributed by atoms with Gasteiger partial charge >= 0.3 is 0 Å². The van der Waals surface area contributed by atoms with E-state index in [1.54, 1.807) is 14.2 Å². The summed E-state index contributed by atoms with van der Waals surface area (Å²) in [5.41, 5.74) is 2.08. The van der Waals surface area contributed by atoms with Gasteiger partial charge in [-0.3, -0.25) is 0 Å². The first-order valence-corrected chi connectivity index (χ1v) is 7.16. The first-order chi connectivity index (χ1) is 9.63. The maximum absolute atomic E-state index is 9.84. The summed E-state index contributed by atoms with van der Waals surface area (Å²) in [6, 6.07) is 8.36. The van der Waals surface area contributed by atoms with Crippen molar-refractivity contribution in [3.8, 4) is 0 Å². The Morgan fingerprint density at radius 3 is 2.30 bits per heavy atom. The number of ether oxygens (including phenoxy) is 2. The van der Waals surface area contributed by atoms with Crippen molar-refractivity contribution in [2.45, 2.75) is 32.4 Å². The molecule has 20 heavy (non-hydrogen) atoms. The Bertz CT molecular complexity index is 366. The molecule has 0 fully saturated rings. The van der Waals surface area contributed by atoms with Gasteiger partial charge in [-0.15, -0.1) is 0 Å². The molecule has 4 nitrogen and oxygen atoms in total. The molecule has 1 rings (SSSR count). The quantitative estimate of drug-likeness (QED) is 0.755. The summed E-state index contributed by atoms with van der Waals surface area (Å²) in [6.45, 7) is 6.27. The van der Waals surface area contributed by atoms with Crippen LogP contribution < -0.4 is 4.90 Å². The van der Waals surface area contributed by atoms with Gasteiger partial charge in [0.1, 0.15) is 0 Å². The number of hydrogen-bond acceptors (Lipinski definition) is 4. The highest BCUT2D eigenvalue weighted by atomic mass is 16.5. The van der Waals surface area contributed by atoms with Gasteiger partial charge < -0.3 is 19.5 Å². The van der Waals surface area contributed by atoms with Crippen LogP contribution >= 0.6 is 0 Å². The number of anilines is 1. The van der Waals surface area contributed by atoms with E-state index in [0.29, 0.717) is 13.2 Å². The summed E-state index contributed by atoms with van der Waals surface area (Å²) in [5, 5.41) is 9.84. The van der Waals surface area contributed by atoms with Gasteiger partial charge in [-0.25, -0.2) is 0 Å². The third-order valence-electron chi connectivity index (χ3n) is 3.47. The first kappa shape index (κ1) is 17.0. The normalized spacial score (nSPS) is 14.1. The van der Waals surface area contributed by atoms with Crippen molar-refractivity contribution in [2.24, 2.45) is 0 Å². The molecule has 2 atom stereocenters. The summed E-state index contributed by atoms with van der Waals surface area (Å²) in [5.74, 6) is 0. The van der Waals surface area contributed by atoms with E-state index in [-0.39, 0.29) is 12.1 Å². The number of aliphatic hydroxyl groups excluding tert-OH is 1. The molecule has 1 N–H and O–H groups in total. The fraction of sp³-hybridized carbons (Fsp3) is 0.625. The van der Waals surface area contributed by atoms with Crippen molar-refractivity contribution >= 4 is 5.69 Å². The molecule has 0 aliphatic carbocycles. The van der Waals surface area contributed by atoms with E-state index in [1.165, 1.54) is 0 Å². The molecule has 0 heterocycles. The van der Waals surface area contributed by atoms with Crippen LogP contribution in [0.5, 0.6) is 0 Å². The topological polar surface area (TPSA) is 41.9 Å². The van der Waals surface area contributed by atoms with Crippen LogP contribution in [0.1, 0.15) is 31.9 Å². The summed E-state index contributed by atoms with van der Waals surface area (Å²) in [6.07, 6.45) is 0.347. The van der Waals surface area contributed by atoms with Crippen LogP contribution in [0.25, 0.3) is 0 Å². The Balaban J connectivity index is 2.84. The standard InChI is InChI=1S/C16H27NO3/c1-5-16(18)14-6-8-15(9-7-14)17(10-11-19-3)13(2)12-20-4/h6-9,13,16,18H,5,10-12H2,1-4H3. The predicted molar refractivity (Wildman–Crippen MR) is 82.3 cm³/mol. The average molecular weight is 281 g/mol. The number of nitrogens with zero attached hydrogens (tertiary/aromatic N) is 1. The minimum atomic E-state index is -0.382. The van der Waals surface area contributed by atoms with E-state index in [9.17, 15) is 5.11 Å². The zero-order chi connectivity index (χ0) is 15.0. The molecule has 0 spiro atoms. The Labute approximate surface area is 122 Å². The Hall–Kier alpha value is -1.10. The lowest BCUT2D eigenvalue weighted by Crippen LogP contribution is -2.38. The van der Waals surface area contributed by atoms with E-state index in [0.717, 1.165) is 24.2 Å². The van der Waals surface area contributed by atoms with E-state index in [4.69, 9.17) is 9.47 Å². The van der Waals surface area contributed by atoms with Crippen LogP contribution in [0.15, 0.2) is 24.3 Å². The van der Waals surface area contributed by atoms with Crippen LogP contribution in [-0.2, 0) is 9.47 Å². The Morgan fingerprint density at radius 1 is 1.15 bits per heavy atom. The second-order valence-electron chi connectivity index (χ2n) is 5.01. The maximum atomic E-state index is 9.84. The minimum Gasteiger partial charge on any atom is -0.388 e. The van der Waals surface area contributed by atoms with Crippen molar-refractivity contribution < 1.29 is 14.6 Å². The fourth-order valence-corrected chi connectivity index (χ4v) is 2.25. The molecule has 1 aromatic rings. The molecule has 4 heteroatoms. The van der Waals surface area contributed by atoms with Crippen LogP contribution in [-0.4, -0.2) is 45.1 Å². The average Bonchev–Trinajstić information content (AvgIpc) is 2.48. The number of benzene rings is 1. The number of aliphatic hydroxyl groups is 1. The van der Waals surface area contributed by atoms with Crippen molar-refractivity contribution in [1.29, 1.82) is 0 Å². The summed E-state index contributed by atoms with van der Waals surface area (Å²) in [4.78, 5) is 2.26. The van der Waals surface area contributed by atoms with Crippen LogP contribution in [0.4, 0.5) is 5.69 Å². The minimum absolute atomic E-state index is 0.275. The fourth-order valence-electron chi connectivity index (χ4n) is 2.25. The van der Waals surface area contributed by atoms with Crippen molar-refractivity contribution in [3.05, 3.63) is 29.8 Å². The second-order valence-corrected chi connectivity index (χ2v) is 5.01. The highest BCUT2D eigenvalue weighted by Gasteiger charge is 2.15. The molecule has 2 unspecified atom stereocenters. The zero-order valence-electron chi connectivity index (χ0n) is 13.0. The third kappa shape index (κ3) is 4.78. The zero-order valence-corrected chi connectivity index (χ0v) is 13.0. The maximum Gasteiger partial charge on any atom is 0.0787 e. The van der Waals surface area contributed by atoms with Crippen LogP contribution in [0.2, 0.25) is 0 Å². The van der Waals surface area contributed by atoms with Gasteiger partial charge in [0.05, 0.1) is 19.3 Å². The first-order valence-electron chi connectivity index (χ1n) is 7.16. The molecule has 0 radical (unpaired) electrons. The molecule has 1 aromatic carbocycles. The molecule has 0 amide bonds. The molecule has 0 aromatic heterocycles. The van der Waals surface area contributed by atoms with Crippen molar-refractivity contribution in [3.63, 3.8) is 0 Å². The molecule has 0 saturated heterocycles. The smallest absolute Gasteiger partial charge is 0.0787 e. The summed E-state index contributed by atoms with van der Waals surface area (Å²) < 4.78 is 10.4. The highest BCUT2D eigenvalue weighted by Crippen LogP contribution is 2.22. The Kier molecular flexibility index (Phi) is 7.59. The molecule has 0 aliphatic heterocycles. The van der Waals surface area contributed by atoms with Gasteiger partial charge in [-0.05, 0) is 31.0 Å². The number of methoxy groups -OCH3 is 2. The number of rotatable bonds is 9. The van der Waals surface area contributed by atoms with Crippen LogP contribution in [0, 0.1) is 0 Å². The lowest BCUT2D eigenvalue weighted by molar-refractivity contribution is 0.170. The lowest BCUT2D eigenvalue weighted by Gasteiger charge is -2.31. The van der Waals surface area contributed by atoms with Gasteiger partial charge in [0.2, 0.25) is 0 Å². The Morgan fingerprint density at radius 2 is 1.80 bits per heavy atom. The van der Waals surface area contributed by atoms with Gasteiger partial charge in [0.15, 0.2) is 0 Å². The van der Waals surface area contributed by atoms with E-state index >= 15 is 0 Å². The van der Waals surface area contributed by atoms with Crippen molar-refractivity contribution in [1.82, 2.24) is 0 Å². The van der Waals surface area contributed by atoms with Gasteiger partial charge in [-0.1, -0.05) is 19.1 Å². The van der Waals surface area contributed by atoms with E-state index < -0.39 is 0 Å². The van der Waals surface area contributed by atoms with E-state index in [2.05, 4.69) is 24.0 Å². The molecular weight excluding hydrogens is 254 g/mol. The lowest BCUT2D eigenvalue weighted by atomic mass is 10.1. The monoisotopic (exact) mass is 281 g/mol. The molecule has 0 saturated carbocycles. The number of hydrogen-bond donors (Lipinski definition) is 1. The SMILES string of the molecule is CCC(O)c1ccc(N(CCOC)C(C)COC)cc1. The van der Waals surface area contributed by atoms with Crippen molar-refractivity contribution in [2.75, 3.05) is 38.9 Å². The third-order valence-corrected chi connectivity index (χ3v) is 3.47. The van der Waals surface area contributed by atoms with Crippen LogP contribution in [0.3, 0.4) is 0 Å². The molecule has 0 bridgehead atoms. The molecular formula is C16H27NO3. The summed E-state index contributed by atoms with van der Waals surface area (Å²) in [7, 11) is 3.42. The molecule has 0 aliphatic rings. The summed E-state index contributed by atoms with van der Waals surface area (Å²) >= 11 is 0. The predicted octanol–water partition coefficient (Wildman–Crippen LogP) is 2.62. The van der Waals surface area contributed by atoms with E-state index in [1.807, 2.05) is 19.1 Å². The van der Waals surface area contributed by atoms with Gasteiger partial charge in [0.25, 0.3) is 0 Å². The molecule has 114 valence electrons. The van der Waals surface area contributed by atoms with Gasteiger partial charge in [0, 0.05) is 32.5 Å². The largest absolute Gasteiger partial charge is 0.388 e. The highest BCUT2D eigenvalue weighted by molar-refractivity contribution is 5.48.